The first-order valence-corrected chi connectivity index (χ1v) is 6.81. The summed E-state index contributed by atoms with van der Waals surface area (Å²) in [7, 11) is 2.11. The van der Waals surface area contributed by atoms with Crippen LogP contribution in [0.4, 0.5) is 0 Å². The summed E-state index contributed by atoms with van der Waals surface area (Å²) in [6.07, 6.45) is 2.31. The Hall–Kier alpha value is -0.770. The van der Waals surface area contributed by atoms with Gasteiger partial charge in [-0.05, 0) is 44.6 Å². The Morgan fingerprint density at radius 1 is 1.50 bits per heavy atom. The quantitative estimate of drug-likeness (QED) is 0.784. The minimum atomic E-state index is -0.473. The summed E-state index contributed by atoms with van der Waals surface area (Å²) in [5.41, 5.74) is 0.592. The van der Waals surface area contributed by atoms with Crippen LogP contribution < -0.4 is 4.74 Å². The molecule has 18 heavy (non-hydrogen) atoms. The number of hydrogen-bond donors (Lipinski definition) is 1. The maximum Gasteiger partial charge on any atom is 0.126 e. The van der Waals surface area contributed by atoms with Gasteiger partial charge in [0.25, 0.3) is 0 Å². The van der Waals surface area contributed by atoms with Crippen molar-refractivity contribution in [1.82, 2.24) is 4.90 Å². The van der Waals surface area contributed by atoms with Crippen molar-refractivity contribution in [2.24, 2.45) is 0 Å². The summed E-state index contributed by atoms with van der Waals surface area (Å²) in [6, 6.07) is 5.50. The summed E-state index contributed by atoms with van der Waals surface area (Å²) in [4.78, 5) is 2.27. The molecule has 1 saturated heterocycles. The molecule has 3 rings (SSSR count). The number of ether oxygens (including phenoxy) is 1. The van der Waals surface area contributed by atoms with E-state index >= 15 is 0 Å². The molecule has 3 nitrogen and oxygen atoms in total. The SMILES string of the molecule is CN1CCCC2(CC(O)c3cc(Cl)ccc3O2)C1. The zero-order valence-electron chi connectivity index (χ0n) is 10.5. The van der Waals surface area contributed by atoms with E-state index in [0.717, 1.165) is 37.2 Å². The van der Waals surface area contributed by atoms with Gasteiger partial charge in [-0.1, -0.05) is 11.6 Å². The van der Waals surface area contributed by atoms with Crippen LogP contribution in [-0.4, -0.2) is 35.7 Å². The Balaban J connectivity index is 1.93. The number of likely N-dealkylation sites (N-methyl/N-ethyl adjacent to an activating group) is 1. The topological polar surface area (TPSA) is 32.7 Å². The van der Waals surface area contributed by atoms with Crippen LogP contribution in [0, 0.1) is 0 Å². The highest BCUT2D eigenvalue weighted by Crippen LogP contribution is 2.43. The molecule has 0 aromatic heterocycles. The van der Waals surface area contributed by atoms with Gasteiger partial charge in [0.2, 0.25) is 0 Å². The Kier molecular flexibility index (Phi) is 3.00. The average molecular weight is 268 g/mol. The third-order valence-corrected chi connectivity index (χ3v) is 4.19. The largest absolute Gasteiger partial charge is 0.485 e. The van der Waals surface area contributed by atoms with Crippen molar-refractivity contribution in [2.75, 3.05) is 20.1 Å². The van der Waals surface area contributed by atoms with Gasteiger partial charge in [0, 0.05) is 23.6 Å². The molecule has 1 aromatic rings. The lowest BCUT2D eigenvalue weighted by Gasteiger charge is -2.45. The predicted octanol–water partition coefficient (Wildman–Crippen LogP) is 2.62. The molecule has 1 fully saturated rings. The second kappa shape index (κ2) is 4.41. The van der Waals surface area contributed by atoms with Crippen molar-refractivity contribution in [3.63, 3.8) is 0 Å². The molecule has 98 valence electrons. The molecule has 2 aliphatic heterocycles. The predicted molar refractivity (Wildman–Crippen MR) is 71.1 cm³/mol. The van der Waals surface area contributed by atoms with Crippen molar-refractivity contribution < 1.29 is 9.84 Å². The van der Waals surface area contributed by atoms with Crippen LogP contribution in [0.25, 0.3) is 0 Å². The summed E-state index contributed by atoms with van der Waals surface area (Å²) >= 11 is 5.97. The van der Waals surface area contributed by atoms with Crippen molar-refractivity contribution in [2.45, 2.75) is 31.0 Å². The normalized spacial score (nSPS) is 32.1. The molecule has 1 spiro atoms. The molecule has 4 heteroatoms. The summed E-state index contributed by atoms with van der Waals surface area (Å²) in [5.74, 6) is 0.786. The number of nitrogens with zero attached hydrogens (tertiary/aromatic N) is 1. The fourth-order valence-corrected chi connectivity index (χ4v) is 3.36. The van der Waals surface area contributed by atoms with E-state index in [1.165, 1.54) is 0 Å². The van der Waals surface area contributed by atoms with Gasteiger partial charge in [-0.25, -0.2) is 0 Å². The fourth-order valence-electron chi connectivity index (χ4n) is 3.18. The van der Waals surface area contributed by atoms with E-state index in [1.807, 2.05) is 12.1 Å². The molecule has 0 radical (unpaired) electrons. The van der Waals surface area contributed by atoms with Crippen LogP contribution in [0.1, 0.15) is 30.9 Å². The Morgan fingerprint density at radius 3 is 3.11 bits per heavy atom. The van der Waals surface area contributed by atoms with Crippen LogP contribution in [0.3, 0.4) is 0 Å². The first-order valence-electron chi connectivity index (χ1n) is 6.43. The van der Waals surface area contributed by atoms with Crippen molar-refractivity contribution in [3.8, 4) is 5.75 Å². The lowest BCUT2D eigenvalue weighted by Crippen LogP contribution is -2.52. The minimum Gasteiger partial charge on any atom is -0.485 e. The average Bonchev–Trinajstić information content (AvgIpc) is 2.30. The third kappa shape index (κ3) is 2.11. The van der Waals surface area contributed by atoms with Gasteiger partial charge in [-0.2, -0.15) is 0 Å². The summed E-state index contributed by atoms with van der Waals surface area (Å²) in [6.45, 7) is 1.99. The minimum absolute atomic E-state index is 0.229. The van der Waals surface area contributed by atoms with Crippen molar-refractivity contribution in [3.05, 3.63) is 28.8 Å². The van der Waals surface area contributed by atoms with E-state index in [2.05, 4.69) is 11.9 Å². The van der Waals surface area contributed by atoms with E-state index in [-0.39, 0.29) is 5.60 Å². The van der Waals surface area contributed by atoms with Crippen molar-refractivity contribution in [1.29, 1.82) is 0 Å². The first kappa shape index (κ1) is 12.3. The zero-order chi connectivity index (χ0) is 12.8. The third-order valence-electron chi connectivity index (χ3n) is 3.95. The van der Waals surface area contributed by atoms with E-state index < -0.39 is 6.10 Å². The number of piperidine rings is 1. The highest BCUT2D eigenvalue weighted by atomic mass is 35.5. The Morgan fingerprint density at radius 2 is 2.33 bits per heavy atom. The van der Waals surface area contributed by atoms with Gasteiger partial charge in [-0.3, -0.25) is 0 Å². The Bertz CT molecular complexity index is 465. The molecule has 2 atom stereocenters. The second-order valence-electron chi connectivity index (χ2n) is 5.53. The molecule has 1 N–H and O–H groups in total. The zero-order valence-corrected chi connectivity index (χ0v) is 11.3. The molecular weight excluding hydrogens is 250 g/mol. The Labute approximate surface area is 112 Å². The van der Waals surface area contributed by atoms with Gasteiger partial charge in [0.1, 0.15) is 11.4 Å². The standard InChI is InChI=1S/C14H18ClNO2/c1-16-6-2-5-14(9-16)8-12(17)11-7-10(15)3-4-13(11)18-14/h3-4,7,12,17H,2,5-6,8-9H2,1H3. The first-order chi connectivity index (χ1) is 8.58. The van der Waals surface area contributed by atoms with E-state index in [1.54, 1.807) is 6.07 Å². The molecule has 2 unspecified atom stereocenters. The molecule has 0 saturated carbocycles. The highest BCUT2D eigenvalue weighted by molar-refractivity contribution is 6.30. The van der Waals surface area contributed by atoms with E-state index in [0.29, 0.717) is 11.4 Å². The van der Waals surface area contributed by atoms with Gasteiger partial charge in [0.05, 0.1) is 6.10 Å². The van der Waals surface area contributed by atoms with Gasteiger partial charge < -0.3 is 14.7 Å². The number of aliphatic hydroxyl groups excluding tert-OH is 1. The van der Waals surface area contributed by atoms with Crippen LogP contribution in [-0.2, 0) is 0 Å². The molecular formula is C14H18ClNO2. The lowest BCUT2D eigenvalue weighted by molar-refractivity contribution is -0.0554. The molecule has 2 heterocycles. The fraction of sp³-hybridized carbons (Fsp3) is 0.571. The maximum absolute atomic E-state index is 10.3. The van der Waals surface area contributed by atoms with Crippen molar-refractivity contribution >= 4 is 11.6 Å². The van der Waals surface area contributed by atoms with Crippen LogP contribution >= 0.6 is 11.6 Å². The molecule has 0 bridgehead atoms. The number of fused-ring (bicyclic) bond motifs is 1. The molecule has 1 aromatic carbocycles. The number of rotatable bonds is 0. The van der Waals surface area contributed by atoms with Crippen LogP contribution in [0.15, 0.2) is 18.2 Å². The maximum atomic E-state index is 10.3. The number of likely N-dealkylation sites (tertiary alicyclic amines) is 1. The number of aliphatic hydroxyl groups is 1. The summed E-state index contributed by atoms with van der Waals surface area (Å²) in [5, 5.41) is 11.0. The summed E-state index contributed by atoms with van der Waals surface area (Å²) < 4.78 is 6.20. The van der Waals surface area contributed by atoms with Crippen LogP contribution in [0.5, 0.6) is 5.75 Å². The second-order valence-corrected chi connectivity index (χ2v) is 5.96. The van der Waals surface area contributed by atoms with Gasteiger partial charge in [-0.15, -0.1) is 0 Å². The van der Waals surface area contributed by atoms with Crippen LogP contribution in [0.2, 0.25) is 5.02 Å². The highest BCUT2D eigenvalue weighted by Gasteiger charge is 2.42. The number of hydrogen-bond acceptors (Lipinski definition) is 3. The lowest BCUT2D eigenvalue weighted by atomic mass is 9.83. The molecule has 2 aliphatic rings. The molecule has 0 amide bonds. The van der Waals surface area contributed by atoms with E-state index in [9.17, 15) is 5.11 Å². The van der Waals surface area contributed by atoms with E-state index in [4.69, 9.17) is 16.3 Å². The number of benzene rings is 1. The molecule has 0 aliphatic carbocycles. The smallest absolute Gasteiger partial charge is 0.126 e. The monoisotopic (exact) mass is 267 g/mol. The number of halogens is 1. The van der Waals surface area contributed by atoms with Gasteiger partial charge >= 0.3 is 0 Å². The van der Waals surface area contributed by atoms with Gasteiger partial charge in [0.15, 0.2) is 0 Å².